The van der Waals surface area contributed by atoms with Crippen LogP contribution in [-0.2, 0) is 19.6 Å². The van der Waals surface area contributed by atoms with Crippen molar-refractivity contribution in [2.75, 3.05) is 20.1 Å². The second kappa shape index (κ2) is 9.97. The molecule has 2 N–H and O–H groups in total. The zero-order valence-electron chi connectivity index (χ0n) is 15.7. The third kappa shape index (κ3) is 5.60. The van der Waals surface area contributed by atoms with Gasteiger partial charge in [-0.15, -0.1) is 0 Å². The number of benzene rings is 2. The lowest BCUT2D eigenvalue weighted by Crippen LogP contribution is -2.36. The summed E-state index contributed by atoms with van der Waals surface area (Å²) < 4.78 is 0. The van der Waals surface area contributed by atoms with E-state index in [0.717, 1.165) is 25.6 Å². The summed E-state index contributed by atoms with van der Waals surface area (Å²) in [5, 5.41) is 6.84. The summed E-state index contributed by atoms with van der Waals surface area (Å²) in [6.07, 6.45) is 4.04. The van der Waals surface area contributed by atoms with Crippen LogP contribution in [0.3, 0.4) is 0 Å². The van der Waals surface area contributed by atoms with Crippen molar-refractivity contribution in [3.8, 4) is 0 Å². The van der Waals surface area contributed by atoms with Crippen LogP contribution in [0, 0.1) is 0 Å². The summed E-state index contributed by atoms with van der Waals surface area (Å²) in [4.78, 5) is 6.92. The number of aliphatic imine (C=N–C) groups is 1. The van der Waals surface area contributed by atoms with Crippen LogP contribution in [0.4, 0.5) is 0 Å². The fourth-order valence-electron chi connectivity index (χ4n) is 3.42. The minimum Gasteiger partial charge on any atom is -0.352 e. The van der Waals surface area contributed by atoms with Crippen LogP contribution in [0.5, 0.6) is 0 Å². The van der Waals surface area contributed by atoms with E-state index in [1.807, 2.05) is 13.1 Å². The molecule has 0 unspecified atom stereocenters. The van der Waals surface area contributed by atoms with Crippen molar-refractivity contribution < 1.29 is 0 Å². The fourth-order valence-corrected chi connectivity index (χ4v) is 3.42. The highest BCUT2D eigenvalue weighted by atomic mass is 15.2. The highest BCUT2D eigenvalue weighted by Gasteiger charge is 2.12. The van der Waals surface area contributed by atoms with Gasteiger partial charge in [-0.3, -0.25) is 9.89 Å². The Morgan fingerprint density at radius 2 is 1.50 bits per heavy atom. The number of hydrogen-bond donors (Lipinski definition) is 2. The molecule has 1 aliphatic heterocycles. The molecule has 0 spiro atoms. The van der Waals surface area contributed by atoms with E-state index in [4.69, 9.17) is 0 Å². The zero-order chi connectivity index (χ0) is 18.0. The monoisotopic (exact) mass is 350 g/mol. The molecule has 4 nitrogen and oxygen atoms in total. The van der Waals surface area contributed by atoms with Crippen molar-refractivity contribution in [1.29, 1.82) is 0 Å². The molecule has 2 aromatic carbocycles. The molecule has 0 aliphatic carbocycles. The maximum atomic E-state index is 4.35. The summed E-state index contributed by atoms with van der Waals surface area (Å²) in [5.41, 5.74) is 4.02. The molecule has 4 heteroatoms. The van der Waals surface area contributed by atoms with Crippen LogP contribution in [-0.4, -0.2) is 31.0 Å². The van der Waals surface area contributed by atoms with Gasteiger partial charge in [-0.2, -0.15) is 0 Å². The van der Waals surface area contributed by atoms with Gasteiger partial charge in [0.2, 0.25) is 0 Å². The van der Waals surface area contributed by atoms with Crippen LogP contribution in [0.25, 0.3) is 0 Å². The Bertz CT molecular complexity index is 690. The second-order valence-corrected chi connectivity index (χ2v) is 6.87. The van der Waals surface area contributed by atoms with E-state index in [-0.39, 0.29) is 0 Å². The number of piperidine rings is 1. The lowest BCUT2D eigenvalue weighted by molar-refractivity contribution is 0.220. The molecule has 26 heavy (non-hydrogen) atoms. The Balaban J connectivity index is 1.54. The van der Waals surface area contributed by atoms with Crippen LogP contribution in [0.2, 0.25) is 0 Å². The molecule has 1 saturated heterocycles. The van der Waals surface area contributed by atoms with Gasteiger partial charge in [0.1, 0.15) is 0 Å². The van der Waals surface area contributed by atoms with Gasteiger partial charge in [0.15, 0.2) is 5.96 Å². The van der Waals surface area contributed by atoms with E-state index in [1.165, 1.54) is 49.0 Å². The fraction of sp³-hybridized carbons (Fsp3) is 0.409. The topological polar surface area (TPSA) is 39.7 Å². The summed E-state index contributed by atoms with van der Waals surface area (Å²) in [5.74, 6) is 0.835. The van der Waals surface area contributed by atoms with Crippen molar-refractivity contribution in [1.82, 2.24) is 15.5 Å². The van der Waals surface area contributed by atoms with Gasteiger partial charge in [-0.05, 0) is 42.6 Å². The normalized spacial score (nSPS) is 15.7. The van der Waals surface area contributed by atoms with Gasteiger partial charge in [0, 0.05) is 26.7 Å². The van der Waals surface area contributed by atoms with Gasteiger partial charge >= 0.3 is 0 Å². The number of nitrogens with one attached hydrogen (secondary N) is 2. The molecule has 0 saturated carbocycles. The minimum atomic E-state index is 0.774. The third-order valence-corrected chi connectivity index (χ3v) is 4.93. The summed E-state index contributed by atoms with van der Waals surface area (Å²) in [6, 6.07) is 19.1. The summed E-state index contributed by atoms with van der Waals surface area (Å²) in [6.45, 7) is 5.06. The lowest BCUT2D eigenvalue weighted by atomic mass is 10.0. The van der Waals surface area contributed by atoms with Crippen molar-refractivity contribution >= 4 is 5.96 Å². The Morgan fingerprint density at radius 1 is 0.846 bits per heavy atom. The average Bonchev–Trinajstić information content (AvgIpc) is 2.71. The molecular weight excluding hydrogens is 320 g/mol. The molecule has 1 heterocycles. The Hall–Kier alpha value is -2.33. The molecule has 1 fully saturated rings. The number of nitrogens with zero attached hydrogens (tertiary/aromatic N) is 2. The third-order valence-electron chi connectivity index (χ3n) is 4.93. The number of guanidine groups is 1. The molecule has 0 atom stereocenters. The first-order valence-corrected chi connectivity index (χ1v) is 9.63. The van der Waals surface area contributed by atoms with E-state index in [2.05, 4.69) is 69.1 Å². The van der Waals surface area contributed by atoms with E-state index in [1.54, 1.807) is 0 Å². The van der Waals surface area contributed by atoms with Gasteiger partial charge in [0.05, 0.1) is 0 Å². The Labute approximate surface area is 157 Å². The number of hydrogen-bond acceptors (Lipinski definition) is 2. The summed E-state index contributed by atoms with van der Waals surface area (Å²) in [7, 11) is 1.82. The zero-order valence-corrected chi connectivity index (χ0v) is 15.7. The van der Waals surface area contributed by atoms with Crippen molar-refractivity contribution in [3.05, 3.63) is 71.3 Å². The standard InChI is InChI=1S/C22H30N4/c1-23-22(24-16-19-10-4-2-5-11-19)25-17-20-12-6-7-13-21(20)18-26-14-8-3-9-15-26/h2,4-7,10-13H,3,8-9,14-18H2,1H3,(H2,23,24,25). The minimum absolute atomic E-state index is 0.774. The van der Waals surface area contributed by atoms with E-state index < -0.39 is 0 Å². The largest absolute Gasteiger partial charge is 0.352 e. The maximum Gasteiger partial charge on any atom is 0.191 e. The van der Waals surface area contributed by atoms with Gasteiger partial charge in [-0.1, -0.05) is 61.0 Å². The van der Waals surface area contributed by atoms with E-state index in [9.17, 15) is 0 Å². The van der Waals surface area contributed by atoms with Crippen molar-refractivity contribution in [3.63, 3.8) is 0 Å². The van der Waals surface area contributed by atoms with Crippen molar-refractivity contribution in [2.45, 2.75) is 38.9 Å². The molecule has 0 radical (unpaired) electrons. The molecule has 0 aromatic heterocycles. The predicted octanol–water partition coefficient (Wildman–Crippen LogP) is 3.54. The first kappa shape index (κ1) is 18.5. The lowest BCUT2D eigenvalue weighted by Gasteiger charge is -2.27. The predicted molar refractivity (Wildman–Crippen MR) is 109 cm³/mol. The van der Waals surface area contributed by atoms with Crippen LogP contribution in [0.1, 0.15) is 36.0 Å². The molecule has 3 rings (SSSR count). The van der Waals surface area contributed by atoms with Gasteiger partial charge < -0.3 is 10.6 Å². The first-order chi connectivity index (χ1) is 12.8. The smallest absolute Gasteiger partial charge is 0.191 e. The van der Waals surface area contributed by atoms with Crippen molar-refractivity contribution in [2.24, 2.45) is 4.99 Å². The molecule has 1 aliphatic rings. The first-order valence-electron chi connectivity index (χ1n) is 9.63. The molecule has 0 amide bonds. The molecule has 138 valence electrons. The van der Waals surface area contributed by atoms with Crippen LogP contribution in [0.15, 0.2) is 59.6 Å². The van der Waals surface area contributed by atoms with Crippen LogP contribution < -0.4 is 10.6 Å². The number of likely N-dealkylation sites (tertiary alicyclic amines) is 1. The van der Waals surface area contributed by atoms with E-state index in [0.29, 0.717) is 0 Å². The Kier molecular flexibility index (Phi) is 7.08. The average molecular weight is 351 g/mol. The summed E-state index contributed by atoms with van der Waals surface area (Å²) >= 11 is 0. The second-order valence-electron chi connectivity index (χ2n) is 6.87. The highest BCUT2D eigenvalue weighted by Crippen LogP contribution is 2.16. The quantitative estimate of drug-likeness (QED) is 0.618. The maximum absolute atomic E-state index is 4.35. The number of rotatable bonds is 6. The molecular formula is C22H30N4. The van der Waals surface area contributed by atoms with Gasteiger partial charge in [-0.25, -0.2) is 0 Å². The highest BCUT2D eigenvalue weighted by molar-refractivity contribution is 5.79. The van der Waals surface area contributed by atoms with Crippen LogP contribution >= 0.6 is 0 Å². The molecule has 0 bridgehead atoms. The SMILES string of the molecule is CN=C(NCc1ccccc1)NCc1ccccc1CN1CCCCC1. The van der Waals surface area contributed by atoms with E-state index >= 15 is 0 Å². The van der Waals surface area contributed by atoms with Gasteiger partial charge in [0.25, 0.3) is 0 Å². The molecule has 2 aromatic rings. The Morgan fingerprint density at radius 3 is 2.23 bits per heavy atom.